The zero-order chi connectivity index (χ0) is 13.1. The van der Waals surface area contributed by atoms with Crippen LogP contribution in [0.3, 0.4) is 0 Å². The lowest BCUT2D eigenvalue weighted by atomic mass is 9.93. The van der Waals surface area contributed by atoms with Crippen LogP contribution in [0.4, 0.5) is 0 Å². The molecule has 1 atom stereocenters. The minimum absolute atomic E-state index is 0.479. The van der Waals surface area contributed by atoms with Crippen molar-refractivity contribution in [2.45, 2.75) is 38.1 Å². The first-order valence-electron chi connectivity index (χ1n) is 7.39. The number of aromatic nitrogens is 1. The Kier molecular flexibility index (Phi) is 3.79. The molecular weight excluding hydrogens is 232 g/mol. The van der Waals surface area contributed by atoms with E-state index in [0.29, 0.717) is 6.04 Å². The van der Waals surface area contributed by atoms with Gasteiger partial charge in [-0.1, -0.05) is 37.8 Å². The fourth-order valence-corrected chi connectivity index (χ4v) is 3.31. The van der Waals surface area contributed by atoms with Crippen LogP contribution >= 0.6 is 0 Å². The van der Waals surface area contributed by atoms with Gasteiger partial charge in [0, 0.05) is 17.6 Å². The molecule has 1 aromatic heterocycles. The van der Waals surface area contributed by atoms with Crippen molar-refractivity contribution in [3.63, 3.8) is 0 Å². The zero-order valence-electron chi connectivity index (χ0n) is 11.6. The molecule has 100 valence electrons. The first-order valence-corrected chi connectivity index (χ1v) is 7.39. The minimum Gasteiger partial charge on any atom is -0.313 e. The summed E-state index contributed by atoms with van der Waals surface area (Å²) >= 11 is 0. The molecule has 0 bridgehead atoms. The van der Waals surface area contributed by atoms with Crippen LogP contribution in [0.1, 0.15) is 43.7 Å². The van der Waals surface area contributed by atoms with Crippen LogP contribution in [0.25, 0.3) is 10.9 Å². The number of pyridine rings is 1. The highest BCUT2D eigenvalue weighted by atomic mass is 14.9. The summed E-state index contributed by atoms with van der Waals surface area (Å²) < 4.78 is 0. The molecule has 2 aromatic rings. The third-order valence-electron chi connectivity index (χ3n) is 4.42. The zero-order valence-corrected chi connectivity index (χ0v) is 11.6. The molecule has 1 heterocycles. The van der Waals surface area contributed by atoms with Crippen molar-refractivity contribution in [3.8, 4) is 0 Å². The van der Waals surface area contributed by atoms with Gasteiger partial charge in [-0.15, -0.1) is 0 Å². The van der Waals surface area contributed by atoms with Gasteiger partial charge in [0.25, 0.3) is 0 Å². The molecule has 1 aliphatic rings. The summed E-state index contributed by atoms with van der Waals surface area (Å²) in [4.78, 5) is 4.39. The highest BCUT2D eigenvalue weighted by molar-refractivity contribution is 5.79. The van der Waals surface area contributed by atoms with Crippen molar-refractivity contribution < 1.29 is 0 Å². The topological polar surface area (TPSA) is 24.9 Å². The Morgan fingerprint density at radius 3 is 2.89 bits per heavy atom. The van der Waals surface area contributed by atoms with Crippen molar-refractivity contribution in [2.24, 2.45) is 5.92 Å². The normalized spacial score (nSPS) is 17.9. The van der Waals surface area contributed by atoms with E-state index in [1.807, 2.05) is 12.3 Å². The molecule has 3 rings (SSSR count). The van der Waals surface area contributed by atoms with Gasteiger partial charge in [0.15, 0.2) is 0 Å². The standard InChI is InChI=1S/C17H22N2/c1-18-17(11-13-5-2-3-6-13)15-8-9-16-14(12-15)7-4-10-19-16/h4,7-10,12-13,17-18H,2-3,5-6,11H2,1H3. The van der Waals surface area contributed by atoms with Gasteiger partial charge >= 0.3 is 0 Å². The lowest BCUT2D eigenvalue weighted by Gasteiger charge is -2.20. The minimum atomic E-state index is 0.479. The van der Waals surface area contributed by atoms with E-state index in [1.54, 1.807) is 0 Å². The van der Waals surface area contributed by atoms with E-state index in [0.717, 1.165) is 11.4 Å². The Labute approximate surface area is 115 Å². The molecule has 1 aromatic carbocycles. The third-order valence-corrected chi connectivity index (χ3v) is 4.42. The molecule has 1 saturated carbocycles. The third kappa shape index (κ3) is 2.79. The van der Waals surface area contributed by atoms with Gasteiger partial charge in [0.2, 0.25) is 0 Å². The van der Waals surface area contributed by atoms with Crippen LogP contribution in [-0.2, 0) is 0 Å². The highest BCUT2D eigenvalue weighted by Gasteiger charge is 2.20. The summed E-state index contributed by atoms with van der Waals surface area (Å²) in [5.74, 6) is 0.905. The van der Waals surface area contributed by atoms with Crippen LogP contribution in [0, 0.1) is 5.92 Å². The molecule has 2 heteroatoms. The number of fused-ring (bicyclic) bond motifs is 1. The lowest BCUT2D eigenvalue weighted by molar-refractivity contribution is 0.413. The van der Waals surface area contributed by atoms with Crippen LogP contribution in [0.15, 0.2) is 36.5 Å². The first kappa shape index (κ1) is 12.6. The monoisotopic (exact) mass is 254 g/mol. The van der Waals surface area contributed by atoms with Gasteiger partial charge in [-0.3, -0.25) is 4.98 Å². The Balaban J connectivity index is 1.83. The smallest absolute Gasteiger partial charge is 0.0702 e. The summed E-state index contributed by atoms with van der Waals surface area (Å²) in [5.41, 5.74) is 2.48. The van der Waals surface area contributed by atoms with Crippen LogP contribution < -0.4 is 5.32 Å². The second-order valence-corrected chi connectivity index (χ2v) is 5.68. The Bertz CT molecular complexity index is 544. The maximum absolute atomic E-state index is 4.39. The van der Waals surface area contributed by atoms with E-state index in [2.05, 4.69) is 41.6 Å². The average Bonchev–Trinajstić information content (AvgIpc) is 2.97. The van der Waals surface area contributed by atoms with Crippen LogP contribution in [0.2, 0.25) is 0 Å². The molecule has 2 nitrogen and oxygen atoms in total. The first-order chi connectivity index (χ1) is 9.36. The van der Waals surface area contributed by atoms with Crippen molar-refractivity contribution in [3.05, 3.63) is 42.1 Å². The van der Waals surface area contributed by atoms with Crippen LogP contribution in [-0.4, -0.2) is 12.0 Å². The number of nitrogens with one attached hydrogen (secondary N) is 1. The van der Waals surface area contributed by atoms with Gasteiger partial charge in [0.1, 0.15) is 0 Å². The Morgan fingerprint density at radius 2 is 2.11 bits per heavy atom. The van der Waals surface area contributed by atoms with E-state index in [1.165, 1.54) is 43.1 Å². The summed E-state index contributed by atoms with van der Waals surface area (Å²) in [7, 11) is 2.08. The fourth-order valence-electron chi connectivity index (χ4n) is 3.31. The SMILES string of the molecule is CNC(CC1CCCC1)c1ccc2ncccc2c1. The quantitative estimate of drug-likeness (QED) is 0.889. The predicted molar refractivity (Wildman–Crippen MR) is 80.1 cm³/mol. The van der Waals surface area contributed by atoms with Gasteiger partial charge < -0.3 is 5.32 Å². The van der Waals surface area contributed by atoms with E-state index in [9.17, 15) is 0 Å². The highest BCUT2D eigenvalue weighted by Crippen LogP contribution is 2.33. The van der Waals surface area contributed by atoms with Gasteiger partial charge in [-0.2, -0.15) is 0 Å². The second kappa shape index (κ2) is 5.70. The maximum Gasteiger partial charge on any atom is 0.0702 e. The van der Waals surface area contributed by atoms with E-state index in [4.69, 9.17) is 0 Å². The van der Waals surface area contributed by atoms with Crippen molar-refractivity contribution in [1.29, 1.82) is 0 Å². The molecule has 0 amide bonds. The number of rotatable bonds is 4. The number of benzene rings is 1. The molecule has 19 heavy (non-hydrogen) atoms. The number of hydrogen-bond acceptors (Lipinski definition) is 2. The van der Waals surface area contributed by atoms with Crippen molar-refractivity contribution >= 4 is 10.9 Å². The summed E-state index contributed by atoms with van der Waals surface area (Å²) in [6.45, 7) is 0. The van der Waals surface area contributed by atoms with Gasteiger partial charge in [-0.05, 0) is 43.1 Å². The molecule has 0 radical (unpaired) electrons. The van der Waals surface area contributed by atoms with E-state index < -0.39 is 0 Å². The Hall–Kier alpha value is -1.41. The van der Waals surface area contributed by atoms with Gasteiger partial charge in [0.05, 0.1) is 5.52 Å². The maximum atomic E-state index is 4.39. The van der Waals surface area contributed by atoms with Crippen molar-refractivity contribution in [2.75, 3.05) is 7.05 Å². The number of hydrogen-bond donors (Lipinski definition) is 1. The van der Waals surface area contributed by atoms with Gasteiger partial charge in [-0.25, -0.2) is 0 Å². The van der Waals surface area contributed by atoms with Crippen molar-refractivity contribution in [1.82, 2.24) is 10.3 Å². The average molecular weight is 254 g/mol. The summed E-state index contributed by atoms with van der Waals surface area (Å²) in [5, 5.41) is 4.73. The molecule has 0 saturated heterocycles. The van der Waals surface area contributed by atoms with E-state index >= 15 is 0 Å². The lowest BCUT2D eigenvalue weighted by Crippen LogP contribution is -2.19. The Morgan fingerprint density at radius 1 is 1.26 bits per heavy atom. The predicted octanol–water partition coefficient (Wildman–Crippen LogP) is 4.08. The molecule has 1 fully saturated rings. The molecule has 0 aliphatic heterocycles. The second-order valence-electron chi connectivity index (χ2n) is 5.68. The molecule has 0 spiro atoms. The molecule has 1 N–H and O–H groups in total. The number of nitrogens with zero attached hydrogens (tertiary/aromatic N) is 1. The molecular formula is C17H22N2. The largest absolute Gasteiger partial charge is 0.313 e. The summed E-state index contributed by atoms with van der Waals surface area (Å²) in [6.07, 6.45) is 8.78. The fraction of sp³-hybridized carbons (Fsp3) is 0.471. The molecule has 1 unspecified atom stereocenters. The van der Waals surface area contributed by atoms with Crippen LogP contribution in [0.5, 0.6) is 0 Å². The molecule has 1 aliphatic carbocycles. The van der Waals surface area contributed by atoms with E-state index in [-0.39, 0.29) is 0 Å². The summed E-state index contributed by atoms with van der Waals surface area (Å²) in [6, 6.07) is 11.3.